The Hall–Kier alpha value is -7.26. The molecule has 0 aliphatic rings. The molecule has 458 valence electrons. The van der Waals surface area contributed by atoms with E-state index < -0.39 is 0 Å². The second kappa shape index (κ2) is 96.9. The molecule has 0 atom stereocenters. The maximum absolute atomic E-state index is 7.13. The van der Waals surface area contributed by atoms with Crippen LogP contribution >= 0.6 is 122 Å². The predicted octanol–water partition coefficient (Wildman–Crippen LogP) is 9.98. The van der Waals surface area contributed by atoms with Gasteiger partial charge in [-0.1, -0.05) is 122 Å². The first-order valence-electron chi connectivity index (χ1n) is 21.9. The first-order valence-corrected chi connectivity index (χ1v) is 26.0. The van der Waals surface area contributed by atoms with E-state index in [0.717, 1.165) is 0 Å². The number of rotatable bonds is 6. The van der Waals surface area contributed by atoms with Crippen molar-refractivity contribution >= 4 is 208 Å². The van der Waals surface area contributed by atoms with Crippen LogP contribution in [-0.4, -0.2) is 136 Å². The molecule has 0 bridgehead atoms. The standard InChI is InChI=1S/6C7H10N2.10CNS.2Mn/c6*1-9(2)7-3-5-8-6-4-7;10*2-1-3;;/h6*3-6H,1-2H3;;;;;;;;;;;;/q;;;;;;10*-1;2*+2/p+6. The Bertz CT molecular complexity index is 2190. The number of anilines is 6. The molecule has 6 rings (SSSR count). The van der Waals surface area contributed by atoms with Gasteiger partial charge in [-0.3, -0.25) is 0 Å². The number of hydrogen-bond donors (Lipinski definition) is 0. The van der Waals surface area contributed by atoms with Crippen LogP contribution in [0.5, 0.6) is 0 Å². The van der Waals surface area contributed by atoms with E-state index in [2.05, 4.69) is 181 Å². The number of aromatic amines is 6. The third kappa shape index (κ3) is 105. The van der Waals surface area contributed by atoms with E-state index in [-0.39, 0.29) is 34.1 Å². The van der Waals surface area contributed by atoms with E-state index >= 15 is 0 Å². The van der Waals surface area contributed by atoms with Crippen LogP contribution in [0.25, 0.3) is 54.1 Å². The Kier molecular flexibility index (Phi) is 120. The van der Waals surface area contributed by atoms with Gasteiger partial charge in [0.15, 0.2) is 74.4 Å². The maximum atomic E-state index is 7.13. The van der Waals surface area contributed by atoms with Gasteiger partial charge in [-0.15, -0.1) is 0 Å². The van der Waals surface area contributed by atoms with E-state index in [1.165, 1.54) is 85.7 Å². The zero-order valence-corrected chi connectivity index (χ0v) is 59.4. The average molecular weight is 1430 g/mol. The number of nitrogens with zero attached hydrogens (tertiary/aromatic N) is 16. The number of hydrogen-bond acceptors (Lipinski definition) is 16. The van der Waals surface area contributed by atoms with Crippen molar-refractivity contribution in [3.8, 4) is 0 Å². The van der Waals surface area contributed by atoms with Gasteiger partial charge in [-0.05, 0) is 0 Å². The van der Waals surface area contributed by atoms with Crippen molar-refractivity contribution in [3.05, 3.63) is 201 Å². The van der Waals surface area contributed by atoms with Crippen molar-refractivity contribution in [3.63, 3.8) is 0 Å². The number of thiocarbonyl (C=S) groups is 10. The molecule has 0 amide bonds. The summed E-state index contributed by atoms with van der Waals surface area (Å²) in [5.41, 5.74) is 7.30. The molecule has 0 aliphatic heterocycles. The topological polar surface area (TPSA) is 327 Å². The normalized spacial score (nSPS) is 6.65. The Morgan fingerprint density at radius 2 is 0.267 bits per heavy atom. The summed E-state index contributed by atoms with van der Waals surface area (Å²) in [6.45, 7) is 0. The van der Waals surface area contributed by atoms with Crippen LogP contribution in [0.2, 0.25) is 0 Å². The molecule has 2 radical (unpaired) electrons. The van der Waals surface area contributed by atoms with Crippen molar-refractivity contribution in [2.24, 2.45) is 0 Å². The second-order valence-electron chi connectivity index (χ2n) is 13.8. The van der Waals surface area contributed by atoms with Gasteiger partial charge in [0.05, 0.1) is 0 Å². The minimum atomic E-state index is 0. The fourth-order valence-corrected chi connectivity index (χ4v) is 4.06. The largest absolute Gasteiger partial charge is 2.00 e. The fraction of sp³-hybridized carbons (Fsp3) is 0.231. The van der Waals surface area contributed by atoms with E-state index in [4.69, 9.17) is 54.1 Å². The Balaban J connectivity index is -0.0000000697. The Morgan fingerprint density at radius 3 is 0.302 bits per heavy atom. The summed E-state index contributed by atoms with van der Waals surface area (Å²) < 4.78 is 0. The SMILES string of the molecule is CN(C)c1cc[nH+]cc1.CN(C)c1cc[nH+]cc1.CN(C)c1cc[nH+]cc1.CN(C)c1cc[nH+]cc1.CN(C)c1cc[nH+]cc1.CN(C)c1cc[nH+]cc1.[Mn+2].[Mn+2].[N-]=C=S.[N-]=C=S.[N-]=C=S.[N-]=C=S.[N-]=C=S.[N-]=C=S.[N-]=C=S.[N-]=C=S.[N-]=C=S.[N-]=C=S. The molecule has 34 heteroatoms. The molecule has 0 aromatic carbocycles. The van der Waals surface area contributed by atoms with Crippen molar-refractivity contribution in [2.45, 2.75) is 0 Å². The molecule has 6 N–H and O–H groups in total. The molecular weight excluding hydrogens is 1360 g/mol. The monoisotopic (exact) mass is 1430 g/mol. The summed E-state index contributed by atoms with van der Waals surface area (Å²) in [6.07, 6.45) is 22.9. The number of aromatic nitrogens is 6. The minimum Gasteiger partial charge on any atom is -0.753 e. The van der Waals surface area contributed by atoms with Crippen LogP contribution in [0.4, 0.5) is 34.1 Å². The van der Waals surface area contributed by atoms with Crippen LogP contribution in [-0.2, 0) is 34.1 Å². The third-order valence-electron chi connectivity index (χ3n) is 7.30. The van der Waals surface area contributed by atoms with Gasteiger partial charge >= 0.3 is 34.1 Å². The van der Waals surface area contributed by atoms with Crippen molar-refractivity contribution in [2.75, 3.05) is 114 Å². The number of isothiocyanates is 10. The Labute approximate surface area is 581 Å². The second-order valence-corrected chi connectivity index (χ2v) is 15.7. The molecule has 6 aromatic heterocycles. The van der Waals surface area contributed by atoms with Crippen molar-refractivity contribution < 1.29 is 64.0 Å². The van der Waals surface area contributed by atoms with Gasteiger partial charge in [0.2, 0.25) is 0 Å². The summed E-state index contributed by atoms with van der Waals surface area (Å²) in [5.74, 6) is 0. The minimum absolute atomic E-state index is 0. The molecular formula is C52H66Mn2N22S10. The van der Waals surface area contributed by atoms with E-state index in [9.17, 15) is 0 Å². The van der Waals surface area contributed by atoms with Gasteiger partial charge < -0.3 is 83.5 Å². The first-order chi connectivity index (χ1) is 40.0. The number of nitrogens with one attached hydrogen (secondary N) is 6. The van der Waals surface area contributed by atoms with Crippen molar-refractivity contribution in [1.82, 2.24) is 0 Å². The molecule has 0 aliphatic carbocycles. The summed E-state index contributed by atoms with van der Waals surface area (Å²) in [7, 11) is 24.3. The first kappa shape index (κ1) is 107. The molecule has 0 fully saturated rings. The quantitative estimate of drug-likeness (QED) is 0.0850. The van der Waals surface area contributed by atoms with Gasteiger partial charge in [0.25, 0.3) is 0 Å². The molecule has 22 nitrogen and oxygen atoms in total. The van der Waals surface area contributed by atoms with Crippen LogP contribution < -0.4 is 59.3 Å². The van der Waals surface area contributed by atoms with E-state index in [1.807, 2.05) is 232 Å². The number of H-pyrrole nitrogens is 6. The molecule has 6 aromatic rings. The number of pyridine rings is 6. The van der Waals surface area contributed by atoms with Crippen LogP contribution in [0.3, 0.4) is 0 Å². The summed E-state index contributed by atoms with van der Waals surface area (Å²) in [6, 6.07) is 24.3. The third-order valence-corrected chi connectivity index (χ3v) is 7.30. The summed E-state index contributed by atoms with van der Waals surface area (Å²) in [5, 5.41) is 84.7. The van der Waals surface area contributed by atoms with Gasteiger partial charge in [-0.25, -0.2) is 29.9 Å². The summed E-state index contributed by atoms with van der Waals surface area (Å²) >= 11 is 37.0. The zero-order chi connectivity index (χ0) is 67.2. The molecule has 0 saturated carbocycles. The molecule has 0 unspecified atom stereocenters. The van der Waals surface area contributed by atoms with Crippen LogP contribution in [0.1, 0.15) is 0 Å². The summed E-state index contributed by atoms with van der Waals surface area (Å²) in [4.78, 5) is 30.1. The molecule has 86 heavy (non-hydrogen) atoms. The van der Waals surface area contributed by atoms with Crippen LogP contribution in [0.15, 0.2) is 147 Å². The Morgan fingerprint density at radius 1 is 0.209 bits per heavy atom. The van der Waals surface area contributed by atoms with Gasteiger partial charge in [0, 0.05) is 191 Å². The van der Waals surface area contributed by atoms with E-state index in [0.29, 0.717) is 0 Å². The fourth-order valence-electron chi connectivity index (χ4n) is 4.06. The smallest absolute Gasteiger partial charge is 0.753 e. The van der Waals surface area contributed by atoms with Gasteiger partial charge in [-0.2, -0.15) is 51.6 Å². The van der Waals surface area contributed by atoms with E-state index in [1.54, 1.807) is 0 Å². The molecule has 0 saturated heterocycles. The average Bonchev–Trinajstić information content (AvgIpc) is 3.48. The maximum Gasteiger partial charge on any atom is 2.00 e. The van der Waals surface area contributed by atoms with Crippen molar-refractivity contribution in [1.29, 1.82) is 0 Å². The van der Waals surface area contributed by atoms with Gasteiger partial charge in [0.1, 0.15) is 0 Å². The van der Waals surface area contributed by atoms with Crippen LogP contribution in [0, 0.1) is 0 Å². The molecule has 0 spiro atoms. The zero-order valence-electron chi connectivity index (χ0n) is 48.9. The molecule has 6 heterocycles. The predicted molar refractivity (Wildman–Crippen MR) is 384 cm³/mol.